The zero-order valence-corrected chi connectivity index (χ0v) is 21.6. The van der Waals surface area contributed by atoms with Crippen molar-refractivity contribution in [2.24, 2.45) is 5.92 Å². The van der Waals surface area contributed by atoms with Crippen molar-refractivity contribution < 1.29 is 32.3 Å². The summed E-state index contributed by atoms with van der Waals surface area (Å²) in [5.41, 5.74) is -1.32. The van der Waals surface area contributed by atoms with Crippen LogP contribution >= 0.6 is 0 Å². The molecule has 2 aromatic carbocycles. The van der Waals surface area contributed by atoms with E-state index in [1.807, 2.05) is 13.0 Å². The minimum Gasteiger partial charge on any atom is -0.353 e. The highest BCUT2D eigenvalue weighted by atomic mass is 19.4. The van der Waals surface area contributed by atoms with Crippen molar-refractivity contribution in [3.63, 3.8) is 0 Å². The summed E-state index contributed by atoms with van der Waals surface area (Å²) in [5.74, 6) is -2.47. The average Bonchev–Trinajstić information content (AvgIpc) is 3.65. The van der Waals surface area contributed by atoms with Crippen molar-refractivity contribution in [2.75, 3.05) is 5.32 Å². The van der Waals surface area contributed by atoms with Gasteiger partial charge in [-0.25, -0.2) is 0 Å². The largest absolute Gasteiger partial charge is 0.416 e. The Labute approximate surface area is 228 Å². The van der Waals surface area contributed by atoms with Gasteiger partial charge in [-0.05, 0) is 69.0 Å². The van der Waals surface area contributed by atoms with Crippen LogP contribution in [0.3, 0.4) is 0 Å². The molecular formula is C28H28F3N5O4. The minimum absolute atomic E-state index is 0.0349. The van der Waals surface area contributed by atoms with E-state index in [9.17, 15) is 37.6 Å². The van der Waals surface area contributed by atoms with E-state index >= 15 is 0 Å². The number of carbonyl (C=O) groups is 4. The van der Waals surface area contributed by atoms with E-state index in [-0.39, 0.29) is 59.1 Å². The van der Waals surface area contributed by atoms with Gasteiger partial charge in [0.05, 0.1) is 28.4 Å². The normalized spacial score (nSPS) is 19.2. The Bertz CT molecular complexity index is 1370. The monoisotopic (exact) mass is 555 g/mol. The predicted octanol–water partition coefficient (Wildman–Crippen LogP) is 3.51. The van der Waals surface area contributed by atoms with E-state index in [1.165, 1.54) is 24.3 Å². The molecule has 4 amide bonds. The summed E-state index contributed by atoms with van der Waals surface area (Å²) >= 11 is 0. The van der Waals surface area contributed by atoms with Crippen LogP contribution in [0.4, 0.5) is 18.9 Å². The molecule has 2 aliphatic rings. The van der Waals surface area contributed by atoms with Gasteiger partial charge in [0.2, 0.25) is 11.8 Å². The number of nitrogens with zero attached hydrogens (tertiary/aromatic N) is 1. The van der Waals surface area contributed by atoms with Crippen LogP contribution in [-0.4, -0.2) is 41.8 Å². The number of anilines is 1. The summed E-state index contributed by atoms with van der Waals surface area (Å²) in [4.78, 5) is 51.2. The fourth-order valence-electron chi connectivity index (χ4n) is 4.64. The molecule has 1 heterocycles. The molecule has 1 aliphatic carbocycles. The quantitative estimate of drug-likeness (QED) is 0.375. The van der Waals surface area contributed by atoms with Gasteiger partial charge in [-0.15, -0.1) is 0 Å². The van der Waals surface area contributed by atoms with Gasteiger partial charge in [-0.1, -0.05) is 6.07 Å². The van der Waals surface area contributed by atoms with Gasteiger partial charge in [0.15, 0.2) is 0 Å². The second-order valence-corrected chi connectivity index (χ2v) is 10.2. The standard InChI is InChI=1S/C28H28F3N5O4/c1-15-9-18(26(39)33-15)12-21(13-24(37)34-20-6-7-20)35-27(40)22-10-16(14-32)5-8-23(22)36-25(38)17-3-2-4-19(11-17)28(29,30)31/h2-5,8,10-11,15,18,20-21H,6-7,9,12-13H2,1H3,(H,33,39)(H,34,37)(H,35,40)(H,36,38)/t15-,18+,21+/m1/s1. The molecule has 4 rings (SSSR count). The third-order valence-electron chi connectivity index (χ3n) is 6.77. The SMILES string of the molecule is C[C@@H]1C[C@@H](C[C@@H](CC(=O)NC2CC2)NC(=O)c2cc(C#N)ccc2NC(=O)c2cccc(C(F)(F)F)c2)C(=O)N1. The predicted molar refractivity (Wildman–Crippen MR) is 138 cm³/mol. The van der Waals surface area contributed by atoms with E-state index in [2.05, 4.69) is 21.3 Å². The summed E-state index contributed by atoms with van der Waals surface area (Å²) in [6, 6.07) is 8.96. The third kappa shape index (κ3) is 7.37. The lowest BCUT2D eigenvalue weighted by molar-refractivity contribution is -0.137. The number of rotatable bonds is 9. The topological polar surface area (TPSA) is 140 Å². The third-order valence-corrected chi connectivity index (χ3v) is 6.77. The Balaban J connectivity index is 1.55. The van der Waals surface area contributed by atoms with Crippen molar-refractivity contribution in [3.8, 4) is 6.07 Å². The molecule has 2 fully saturated rings. The smallest absolute Gasteiger partial charge is 0.353 e. The van der Waals surface area contributed by atoms with E-state index < -0.39 is 35.5 Å². The highest BCUT2D eigenvalue weighted by Gasteiger charge is 2.34. The molecule has 0 radical (unpaired) electrons. The molecule has 9 nitrogen and oxygen atoms in total. The molecule has 210 valence electrons. The fourth-order valence-corrected chi connectivity index (χ4v) is 4.64. The minimum atomic E-state index is -4.65. The summed E-state index contributed by atoms with van der Waals surface area (Å²) in [7, 11) is 0. The number of alkyl halides is 3. The maximum absolute atomic E-state index is 13.4. The van der Waals surface area contributed by atoms with Crippen molar-refractivity contribution in [2.45, 2.75) is 63.3 Å². The first-order valence-electron chi connectivity index (χ1n) is 12.9. The van der Waals surface area contributed by atoms with Gasteiger partial charge in [-0.3, -0.25) is 19.2 Å². The van der Waals surface area contributed by atoms with Gasteiger partial charge >= 0.3 is 6.18 Å². The Morgan fingerprint density at radius 3 is 2.50 bits per heavy atom. The fraction of sp³-hybridized carbons (Fsp3) is 0.393. The number of hydrogen-bond donors (Lipinski definition) is 4. The zero-order chi connectivity index (χ0) is 29.0. The van der Waals surface area contributed by atoms with Crippen LogP contribution < -0.4 is 21.3 Å². The summed E-state index contributed by atoms with van der Waals surface area (Å²) < 4.78 is 39.4. The number of amides is 4. The lowest BCUT2D eigenvalue weighted by Gasteiger charge is -2.22. The van der Waals surface area contributed by atoms with Gasteiger partial charge in [-0.2, -0.15) is 18.4 Å². The summed E-state index contributed by atoms with van der Waals surface area (Å²) in [5, 5.41) is 20.3. The maximum Gasteiger partial charge on any atom is 0.416 e. The molecule has 1 aliphatic heterocycles. The summed E-state index contributed by atoms with van der Waals surface area (Å²) in [6.07, 6.45) is -2.24. The molecule has 0 aromatic heterocycles. The molecule has 1 saturated heterocycles. The van der Waals surface area contributed by atoms with Gasteiger partial charge in [0, 0.05) is 36.0 Å². The molecule has 1 saturated carbocycles. The number of carbonyl (C=O) groups excluding carboxylic acids is 4. The second-order valence-electron chi connectivity index (χ2n) is 10.2. The van der Waals surface area contributed by atoms with E-state index in [4.69, 9.17) is 0 Å². The maximum atomic E-state index is 13.4. The second kappa shape index (κ2) is 11.8. The highest BCUT2D eigenvalue weighted by molar-refractivity contribution is 6.09. The molecular weight excluding hydrogens is 527 g/mol. The van der Waals surface area contributed by atoms with Crippen molar-refractivity contribution in [1.29, 1.82) is 5.26 Å². The highest BCUT2D eigenvalue weighted by Crippen LogP contribution is 2.30. The molecule has 12 heteroatoms. The Hall–Kier alpha value is -4.40. The van der Waals surface area contributed by atoms with Crippen LogP contribution in [0.15, 0.2) is 42.5 Å². The average molecular weight is 556 g/mol. The number of halogens is 3. The Morgan fingerprint density at radius 2 is 1.88 bits per heavy atom. The lowest BCUT2D eigenvalue weighted by atomic mass is 9.94. The molecule has 0 spiro atoms. The first-order chi connectivity index (χ1) is 18.9. The van der Waals surface area contributed by atoms with Crippen LogP contribution in [0.25, 0.3) is 0 Å². The Morgan fingerprint density at radius 1 is 1.12 bits per heavy atom. The van der Waals surface area contributed by atoms with Crippen molar-refractivity contribution >= 4 is 29.3 Å². The van der Waals surface area contributed by atoms with Crippen molar-refractivity contribution in [1.82, 2.24) is 16.0 Å². The van der Waals surface area contributed by atoms with Gasteiger partial charge in [0.1, 0.15) is 0 Å². The Kier molecular flexibility index (Phi) is 8.42. The first kappa shape index (κ1) is 28.6. The van der Waals surface area contributed by atoms with Crippen LogP contribution in [0, 0.1) is 17.2 Å². The number of hydrogen-bond acceptors (Lipinski definition) is 5. The summed E-state index contributed by atoms with van der Waals surface area (Å²) in [6.45, 7) is 1.86. The number of nitriles is 1. The van der Waals surface area contributed by atoms with E-state index in [0.29, 0.717) is 12.5 Å². The molecule has 3 atom stereocenters. The molecule has 0 bridgehead atoms. The molecule has 2 aromatic rings. The van der Waals surface area contributed by atoms with E-state index in [1.54, 1.807) is 0 Å². The number of nitrogens with one attached hydrogen (secondary N) is 4. The lowest BCUT2D eigenvalue weighted by Crippen LogP contribution is -2.41. The zero-order valence-electron chi connectivity index (χ0n) is 21.6. The first-order valence-corrected chi connectivity index (χ1v) is 12.9. The molecule has 40 heavy (non-hydrogen) atoms. The van der Waals surface area contributed by atoms with Crippen LogP contribution in [-0.2, 0) is 15.8 Å². The van der Waals surface area contributed by atoms with Crippen LogP contribution in [0.5, 0.6) is 0 Å². The van der Waals surface area contributed by atoms with Crippen LogP contribution in [0.1, 0.15) is 70.9 Å². The van der Waals surface area contributed by atoms with Gasteiger partial charge in [0.25, 0.3) is 11.8 Å². The molecule has 4 N–H and O–H groups in total. The van der Waals surface area contributed by atoms with Crippen LogP contribution in [0.2, 0.25) is 0 Å². The van der Waals surface area contributed by atoms with E-state index in [0.717, 1.165) is 25.0 Å². The van der Waals surface area contributed by atoms with Gasteiger partial charge < -0.3 is 21.3 Å². The molecule has 0 unspecified atom stereocenters. The van der Waals surface area contributed by atoms with Crippen molar-refractivity contribution in [3.05, 3.63) is 64.7 Å². The number of benzene rings is 2.